The van der Waals surface area contributed by atoms with E-state index in [1.54, 1.807) is 0 Å². The van der Waals surface area contributed by atoms with Gasteiger partial charge in [-0.3, -0.25) is 4.79 Å². The number of nitrogens with zero attached hydrogens (tertiary/aromatic N) is 1. The van der Waals surface area contributed by atoms with Crippen LogP contribution in [-0.2, 0) is 6.18 Å². The predicted molar refractivity (Wildman–Crippen MR) is 49.6 cm³/mol. The number of rotatable bonds is 1. The van der Waals surface area contributed by atoms with Crippen LogP contribution < -0.4 is 5.73 Å². The number of alkyl halides is 3. The summed E-state index contributed by atoms with van der Waals surface area (Å²) in [6, 6.07) is 1.16. The number of halogens is 3. The number of carbonyl (C=O) groups is 1. The molecule has 0 aliphatic heterocycles. The molecule has 7 heteroatoms. The van der Waals surface area contributed by atoms with Crippen LogP contribution in [0, 0.1) is 0 Å². The van der Waals surface area contributed by atoms with Crippen LogP contribution in [0.2, 0.25) is 0 Å². The Bertz CT molecular complexity index is 559. The van der Waals surface area contributed by atoms with E-state index in [-0.39, 0.29) is 16.6 Å². The molecule has 0 bridgehead atoms. The van der Waals surface area contributed by atoms with E-state index in [0.717, 1.165) is 12.3 Å². The zero-order valence-corrected chi connectivity index (χ0v) is 7.80. The van der Waals surface area contributed by atoms with Crippen LogP contribution >= 0.6 is 0 Å². The summed E-state index contributed by atoms with van der Waals surface area (Å²) >= 11 is 0. The van der Waals surface area contributed by atoms with Crippen LogP contribution in [0.4, 0.5) is 13.2 Å². The van der Waals surface area contributed by atoms with E-state index in [4.69, 9.17) is 5.73 Å². The molecule has 0 saturated heterocycles. The normalized spacial score (nSPS) is 11.9. The molecule has 2 aromatic heterocycles. The number of nitrogens with one attached hydrogen (secondary N) is 1. The molecule has 2 heterocycles. The highest BCUT2D eigenvalue weighted by Gasteiger charge is 2.35. The Morgan fingerprint density at radius 2 is 2.12 bits per heavy atom. The summed E-state index contributed by atoms with van der Waals surface area (Å²) in [7, 11) is 0. The fourth-order valence-electron chi connectivity index (χ4n) is 1.49. The summed E-state index contributed by atoms with van der Waals surface area (Å²) < 4.78 is 37.8. The Morgan fingerprint density at radius 3 is 2.69 bits per heavy atom. The van der Waals surface area contributed by atoms with E-state index in [1.807, 2.05) is 0 Å². The molecule has 2 aromatic rings. The maximum absolute atomic E-state index is 12.6. The first-order chi connectivity index (χ1) is 7.41. The highest BCUT2D eigenvalue weighted by Crippen LogP contribution is 2.35. The van der Waals surface area contributed by atoms with Crippen LogP contribution in [0.15, 0.2) is 18.5 Å². The molecule has 4 nitrogen and oxygen atoms in total. The molecule has 0 unspecified atom stereocenters. The van der Waals surface area contributed by atoms with Gasteiger partial charge in [-0.15, -0.1) is 0 Å². The summed E-state index contributed by atoms with van der Waals surface area (Å²) in [5.41, 5.74) is 3.86. The summed E-state index contributed by atoms with van der Waals surface area (Å²) in [5, 5.41) is -0.289. The Morgan fingerprint density at radius 1 is 1.44 bits per heavy atom. The second kappa shape index (κ2) is 3.22. The minimum Gasteiger partial charge on any atom is -0.366 e. The average molecular weight is 229 g/mol. The molecule has 0 spiro atoms. The van der Waals surface area contributed by atoms with Gasteiger partial charge in [-0.1, -0.05) is 0 Å². The predicted octanol–water partition coefficient (Wildman–Crippen LogP) is 1.68. The molecule has 0 aliphatic rings. The highest BCUT2D eigenvalue weighted by atomic mass is 19.4. The summed E-state index contributed by atoms with van der Waals surface area (Å²) in [5.74, 6) is -0.919. The first-order valence-corrected chi connectivity index (χ1v) is 4.24. The third-order valence-corrected chi connectivity index (χ3v) is 2.14. The largest absolute Gasteiger partial charge is 0.418 e. The summed E-state index contributed by atoms with van der Waals surface area (Å²) in [6.45, 7) is 0. The lowest BCUT2D eigenvalue weighted by Gasteiger charge is -2.05. The minimum atomic E-state index is -4.55. The molecular formula is C9H6F3N3O. The quantitative estimate of drug-likeness (QED) is 0.780. The van der Waals surface area contributed by atoms with Gasteiger partial charge in [-0.25, -0.2) is 4.98 Å². The smallest absolute Gasteiger partial charge is 0.366 e. The number of fused-ring (bicyclic) bond motifs is 1. The lowest BCUT2D eigenvalue weighted by atomic mass is 10.1. The first-order valence-electron chi connectivity index (χ1n) is 4.24. The summed E-state index contributed by atoms with van der Waals surface area (Å²) in [6.07, 6.45) is -2.56. The molecule has 16 heavy (non-hydrogen) atoms. The van der Waals surface area contributed by atoms with Crippen molar-refractivity contribution in [2.24, 2.45) is 5.73 Å². The number of H-pyrrole nitrogens is 1. The van der Waals surface area contributed by atoms with Gasteiger partial charge in [-0.05, 0) is 6.07 Å². The topological polar surface area (TPSA) is 71.8 Å². The minimum absolute atomic E-state index is 0.0105. The van der Waals surface area contributed by atoms with Crippen molar-refractivity contribution in [3.05, 3.63) is 29.6 Å². The number of hydrogen-bond donors (Lipinski definition) is 2. The molecule has 0 fully saturated rings. The van der Waals surface area contributed by atoms with Gasteiger partial charge in [0.1, 0.15) is 5.65 Å². The van der Waals surface area contributed by atoms with E-state index in [1.165, 1.54) is 6.20 Å². The maximum atomic E-state index is 12.6. The van der Waals surface area contributed by atoms with Crippen LogP contribution in [0.25, 0.3) is 11.0 Å². The van der Waals surface area contributed by atoms with Gasteiger partial charge >= 0.3 is 6.18 Å². The molecule has 0 atom stereocenters. The summed E-state index contributed by atoms with van der Waals surface area (Å²) in [4.78, 5) is 17.1. The SMILES string of the molecule is NC(=O)c1ccnc2[nH]cc(C(F)(F)F)c12. The van der Waals surface area contributed by atoms with Crippen LogP contribution in [0.1, 0.15) is 15.9 Å². The number of carbonyl (C=O) groups excluding carboxylic acids is 1. The first kappa shape index (κ1) is 10.5. The number of aromatic amines is 1. The second-order valence-electron chi connectivity index (χ2n) is 3.15. The van der Waals surface area contributed by atoms with E-state index >= 15 is 0 Å². The van der Waals surface area contributed by atoms with Gasteiger partial charge in [-0.2, -0.15) is 13.2 Å². The molecule has 84 valence electrons. The number of primary amides is 1. The highest BCUT2D eigenvalue weighted by molar-refractivity contribution is 6.06. The van der Waals surface area contributed by atoms with Gasteiger partial charge in [0.15, 0.2) is 0 Å². The van der Waals surface area contributed by atoms with Crippen molar-refractivity contribution in [2.75, 3.05) is 0 Å². The van der Waals surface area contributed by atoms with Gasteiger partial charge in [0.2, 0.25) is 5.91 Å². The van der Waals surface area contributed by atoms with Crippen LogP contribution in [0.5, 0.6) is 0 Å². The lowest BCUT2D eigenvalue weighted by molar-refractivity contribution is -0.136. The molecule has 0 aliphatic carbocycles. The molecule has 0 aromatic carbocycles. The Labute approximate surface area is 87.3 Å². The molecule has 0 radical (unpaired) electrons. The Hall–Kier alpha value is -2.05. The monoisotopic (exact) mass is 229 g/mol. The number of amides is 1. The number of nitrogens with two attached hydrogens (primary N) is 1. The molecule has 2 rings (SSSR count). The van der Waals surface area contributed by atoms with Crippen molar-refractivity contribution in [2.45, 2.75) is 6.18 Å². The fourth-order valence-corrected chi connectivity index (χ4v) is 1.49. The maximum Gasteiger partial charge on any atom is 0.418 e. The van der Waals surface area contributed by atoms with Gasteiger partial charge in [0.05, 0.1) is 11.1 Å². The zero-order valence-electron chi connectivity index (χ0n) is 7.80. The standard InChI is InChI=1S/C9H6F3N3O/c10-9(11,12)5-3-15-8-6(5)4(7(13)16)1-2-14-8/h1-3H,(H2,13,16)(H,14,15). The molecular weight excluding hydrogens is 223 g/mol. The lowest BCUT2D eigenvalue weighted by Crippen LogP contribution is -2.13. The van der Waals surface area contributed by atoms with E-state index in [9.17, 15) is 18.0 Å². The van der Waals surface area contributed by atoms with Crippen molar-refractivity contribution < 1.29 is 18.0 Å². The Balaban J connectivity index is 2.83. The average Bonchev–Trinajstić information content (AvgIpc) is 2.59. The van der Waals surface area contributed by atoms with Crippen molar-refractivity contribution in [1.82, 2.24) is 9.97 Å². The number of hydrogen-bond acceptors (Lipinski definition) is 2. The molecule has 3 N–H and O–H groups in total. The van der Waals surface area contributed by atoms with Crippen LogP contribution in [0.3, 0.4) is 0 Å². The Kier molecular flexibility index (Phi) is 2.11. The molecule has 1 amide bonds. The van der Waals surface area contributed by atoms with E-state index in [0.29, 0.717) is 0 Å². The molecule has 0 saturated carbocycles. The van der Waals surface area contributed by atoms with Gasteiger partial charge < -0.3 is 10.7 Å². The number of pyridine rings is 1. The number of aromatic nitrogens is 2. The van der Waals surface area contributed by atoms with Crippen molar-refractivity contribution in [1.29, 1.82) is 0 Å². The van der Waals surface area contributed by atoms with E-state index in [2.05, 4.69) is 9.97 Å². The van der Waals surface area contributed by atoms with Gasteiger partial charge in [0, 0.05) is 17.8 Å². The van der Waals surface area contributed by atoms with Crippen molar-refractivity contribution in [3.63, 3.8) is 0 Å². The zero-order chi connectivity index (χ0) is 11.9. The fraction of sp³-hybridized carbons (Fsp3) is 0.111. The van der Waals surface area contributed by atoms with Crippen LogP contribution in [-0.4, -0.2) is 15.9 Å². The van der Waals surface area contributed by atoms with Gasteiger partial charge in [0.25, 0.3) is 0 Å². The third-order valence-electron chi connectivity index (χ3n) is 2.14. The van der Waals surface area contributed by atoms with Crippen molar-refractivity contribution >= 4 is 16.9 Å². The van der Waals surface area contributed by atoms with Crippen molar-refractivity contribution in [3.8, 4) is 0 Å². The second-order valence-corrected chi connectivity index (χ2v) is 3.15. The van der Waals surface area contributed by atoms with E-state index < -0.39 is 17.6 Å². The third kappa shape index (κ3) is 1.50.